The van der Waals surface area contributed by atoms with Crippen molar-refractivity contribution in [3.8, 4) is 0 Å². The fourth-order valence-electron chi connectivity index (χ4n) is 4.43. The lowest BCUT2D eigenvalue weighted by molar-refractivity contribution is -0.0352. The fourth-order valence-corrected chi connectivity index (χ4v) is 4.43. The number of morpholine rings is 1. The largest absolute Gasteiger partial charge is 0.380 e. The van der Waals surface area contributed by atoms with Crippen molar-refractivity contribution in [2.45, 2.75) is 50.8 Å². The van der Waals surface area contributed by atoms with Crippen LogP contribution in [0.5, 0.6) is 0 Å². The minimum atomic E-state index is 0. The monoisotopic (exact) mass is 516 g/mol. The van der Waals surface area contributed by atoms with Crippen molar-refractivity contribution in [3.63, 3.8) is 0 Å². The molecule has 1 saturated carbocycles. The van der Waals surface area contributed by atoms with E-state index in [1.165, 1.54) is 43.2 Å². The van der Waals surface area contributed by atoms with E-state index >= 15 is 0 Å². The van der Waals surface area contributed by atoms with Gasteiger partial charge in [-0.25, -0.2) is 0 Å². The summed E-state index contributed by atoms with van der Waals surface area (Å²) in [5, 5.41) is 7.08. The zero-order valence-electron chi connectivity index (χ0n) is 17.9. The summed E-state index contributed by atoms with van der Waals surface area (Å²) < 4.78 is 10.8. The van der Waals surface area contributed by atoms with Gasteiger partial charge in [0.15, 0.2) is 5.96 Å². The number of hydrogen-bond donors (Lipinski definition) is 2. The van der Waals surface area contributed by atoms with E-state index in [1.807, 2.05) is 7.05 Å². The third-order valence-electron chi connectivity index (χ3n) is 6.07. The van der Waals surface area contributed by atoms with Crippen molar-refractivity contribution >= 4 is 29.9 Å². The van der Waals surface area contributed by atoms with E-state index in [2.05, 4.69) is 44.8 Å². The highest BCUT2D eigenvalue weighted by molar-refractivity contribution is 14.0. The van der Waals surface area contributed by atoms with Crippen molar-refractivity contribution < 1.29 is 9.47 Å². The van der Waals surface area contributed by atoms with Crippen LogP contribution >= 0.6 is 24.0 Å². The van der Waals surface area contributed by atoms with Crippen LogP contribution in [0.25, 0.3) is 0 Å². The van der Waals surface area contributed by atoms with Gasteiger partial charge in [-0.3, -0.25) is 9.89 Å². The van der Waals surface area contributed by atoms with Gasteiger partial charge in [-0.05, 0) is 24.0 Å². The van der Waals surface area contributed by atoms with Crippen LogP contribution in [-0.4, -0.2) is 63.4 Å². The predicted octanol–water partition coefficient (Wildman–Crippen LogP) is 3.15. The molecule has 0 radical (unpaired) electrons. The number of nitrogens with one attached hydrogen (secondary N) is 2. The molecular formula is C22H37IN4O2. The van der Waals surface area contributed by atoms with Gasteiger partial charge in [0, 0.05) is 45.9 Å². The Morgan fingerprint density at radius 2 is 1.72 bits per heavy atom. The summed E-state index contributed by atoms with van der Waals surface area (Å²) in [6.07, 6.45) is 6.52. The average molecular weight is 516 g/mol. The van der Waals surface area contributed by atoms with Gasteiger partial charge in [0.25, 0.3) is 0 Å². The lowest BCUT2D eigenvalue weighted by Gasteiger charge is -2.48. The van der Waals surface area contributed by atoms with Gasteiger partial charge in [-0.15, -0.1) is 24.0 Å². The molecule has 0 atom stereocenters. The van der Waals surface area contributed by atoms with E-state index in [-0.39, 0.29) is 29.5 Å². The van der Waals surface area contributed by atoms with Gasteiger partial charge in [-0.1, -0.05) is 43.5 Å². The fraction of sp³-hybridized carbons (Fsp3) is 0.682. The molecule has 1 aliphatic carbocycles. The highest BCUT2D eigenvalue weighted by atomic mass is 127. The summed E-state index contributed by atoms with van der Waals surface area (Å²) in [7, 11) is 3.57. The van der Waals surface area contributed by atoms with Gasteiger partial charge in [0.2, 0.25) is 0 Å². The van der Waals surface area contributed by atoms with Gasteiger partial charge in [0.1, 0.15) is 0 Å². The number of benzene rings is 1. The molecule has 7 heteroatoms. The Labute approximate surface area is 192 Å². The van der Waals surface area contributed by atoms with Gasteiger partial charge in [-0.2, -0.15) is 0 Å². The molecular weight excluding hydrogens is 479 g/mol. The second-order valence-electron chi connectivity index (χ2n) is 7.91. The van der Waals surface area contributed by atoms with E-state index in [9.17, 15) is 0 Å². The summed E-state index contributed by atoms with van der Waals surface area (Å²) in [5.41, 5.74) is 2.67. The van der Waals surface area contributed by atoms with Gasteiger partial charge < -0.3 is 20.1 Å². The van der Waals surface area contributed by atoms with Crippen LogP contribution in [0.2, 0.25) is 0 Å². The number of aliphatic imine (C=N–C) groups is 1. The normalized spacial score (nSPS) is 20.0. The summed E-state index contributed by atoms with van der Waals surface area (Å²) >= 11 is 0. The van der Waals surface area contributed by atoms with Crippen LogP contribution in [0.1, 0.15) is 43.2 Å². The Morgan fingerprint density at radius 1 is 1.07 bits per heavy atom. The molecule has 6 nitrogen and oxygen atoms in total. The molecule has 1 heterocycles. The number of methoxy groups -OCH3 is 1. The highest BCUT2D eigenvalue weighted by Gasteiger charge is 2.38. The zero-order valence-corrected chi connectivity index (χ0v) is 20.2. The van der Waals surface area contributed by atoms with Crippen LogP contribution < -0.4 is 10.6 Å². The number of rotatable bonds is 7. The molecule has 164 valence electrons. The molecule has 2 N–H and O–H groups in total. The Hall–Kier alpha value is -0.900. The molecule has 1 aromatic rings. The zero-order chi connectivity index (χ0) is 19.7. The van der Waals surface area contributed by atoms with Crippen LogP contribution in [-0.2, 0) is 22.6 Å². The first-order valence-corrected chi connectivity index (χ1v) is 10.6. The van der Waals surface area contributed by atoms with Crippen molar-refractivity contribution in [1.82, 2.24) is 15.5 Å². The Morgan fingerprint density at radius 3 is 2.34 bits per heavy atom. The molecule has 1 aliphatic heterocycles. The van der Waals surface area contributed by atoms with Crippen molar-refractivity contribution in [2.75, 3.05) is 47.0 Å². The third kappa shape index (κ3) is 7.08. The van der Waals surface area contributed by atoms with Crippen LogP contribution in [0, 0.1) is 0 Å². The predicted molar refractivity (Wildman–Crippen MR) is 129 cm³/mol. The topological polar surface area (TPSA) is 58.1 Å². The standard InChI is InChI=1S/C22H36N4O2.HI/c1-23-21(24-16-19-6-8-20(9-7-19)17-27-2)25-18-22(10-4-3-5-11-22)26-12-14-28-15-13-26;/h6-9H,3-5,10-18H2,1-2H3,(H2,23,24,25);1H. The number of hydrogen-bond acceptors (Lipinski definition) is 4. The van der Waals surface area contributed by atoms with Crippen LogP contribution in [0.3, 0.4) is 0 Å². The van der Waals surface area contributed by atoms with Crippen molar-refractivity contribution in [3.05, 3.63) is 35.4 Å². The van der Waals surface area contributed by atoms with E-state index < -0.39 is 0 Å². The number of nitrogens with zero attached hydrogens (tertiary/aromatic N) is 2. The maximum absolute atomic E-state index is 5.59. The molecule has 0 bridgehead atoms. The molecule has 3 rings (SSSR count). The first-order valence-electron chi connectivity index (χ1n) is 10.6. The minimum Gasteiger partial charge on any atom is -0.380 e. The second-order valence-corrected chi connectivity index (χ2v) is 7.91. The molecule has 0 amide bonds. The lowest BCUT2D eigenvalue weighted by Crippen LogP contribution is -2.60. The summed E-state index contributed by atoms with van der Waals surface area (Å²) in [6, 6.07) is 8.52. The highest BCUT2D eigenvalue weighted by Crippen LogP contribution is 2.33. The maximum Gasteiger partial charge on any atom is 0.191 e. The molecule has 0 spiro atoms. The molecule has 1 aromatic carbocycles. The second kappa shape index (κ2) is 12.7. The molecule has 2 aliphatic rings. The third-order valence-corrected chi connectivity index (χ3v) is 6.07. The van der Waals surface area contributed by atoms with Crippen molar-refractivity contribution in [1.29, 1.82) is 0 Å². The minimum absolute atomic E-state index is 0. The molecule has 1 saturated heterocycles. The quantitative estimate of drug-likeness (QED) is 0.332. The van der Waals surface area contributed by atoms with Gasteiger partial charge >= 0.3 is 0 Å². The molecule has 29 heavy (non-hydrogen) atoms. The maximum atomic E-state index is 5.59. The lowest BCUT2D eigenvalue weighted by atomic mass is 9.80. The van der Waals surface area contributed by atoms with E-state index in [0.29, 0.717) is 6.61 Å². The number of guanidine groups is 1. The molecule has 0 aromatic heterocycles. The van der Waals surface area contributed by atoms with Crippen molar-refractivity contribution in [2.24, 2.45) is 4.99 Å². The first kappa shape index (κ1) is 24.4. The average Bonchev–Trinajstić information content (AvgIpc) is 2.76. The molecule has 0 unspecified atom stereocenters. The van der Waals surface area contributed by atoms with Crippen LogP contribution in [0.4, 0.5) is 0 Å². The molecule has 2 fully saturated rings. The number of ether oxygens (including phenoxy) is 2. The smallest absolute Gasteiger partial charge is 0.191 e. The van der Waals surface area contributed by atoms with Crippen LogP contribution in [0.15, 0.2) is 29.3 Å². The Balaban J connectivity index is 0.00000300. The Kier molecular flexibility index (Phi) is 10.7. The summed E-state index contributed by atoms with van der Waals surface area (Å²) in [6.45, 7) is 6.15. The number of halogens is 1. The summed E-state index contributed by atoms with van der Waals surface area (Å²) in [4.78, 5) is 7.10. The van der Waals surface area contributed by atoms with E-state index in [4.69, 9.17) is 9.47 Å². The van der Waals surface area contributed by atoms with Gasteiger partial charge in [0.05, 0.1) is 19.8 Å². The SMILES string of the molecule is CN=C(NCc1ccc(COC)cc1)NCC1(N2CCOCC2)CCCCC1.I. The van der Waals surface area contributed by atoms with E-state index in [0.717, 1.165) is 45.4 Å². The van der Waals surface area contributed by atoms with E-state index in [1.54, 1.807) is 7.11 Å². The first-order chi connectivity index (χ1) is 13.8. The summed E-state index contributed by atoms with van der Waals surface area (Å²) in [5.74, 6) is 0.874. The Bertz CT molecular complexity index is 612.